The number of thioether (sulfide) groups is 1. The van der Waals surface area contributed by atoms with Gasteiger partial charge < -0.3 is 9.64 Å². The molecule has 0 radical (unpaired) electrons. The van der Waals surface area contributed by atoms with E-state index in [9.17, 15) is 14.4 Å². The third kappa shape index (κ3) is 3.14. The first-order chi connectivity index (χ1) is 11.6. The second kappa shape index (κ2) is 7.04. The van der Waals surface area contributed by atoms with E-state index in [2.05, 4.69) is 4.98 Å². The Hall–Kier alpha value is -2.35. The molecule has 2 heterocycles. The third-order valence-corrected chi connectivity index (χ3v) is 4.99. The third-order valence-electron chi connectivity index (χ3n) is 3.97. The van der Waals surface area contributed by atoms with Gasteiger partial charge in [-0.25, -0.2) is 9.78 Å². The van der Waals surface area contributed by atoms with Crippen molar-refractivity contribution in [3.8, 4) is 0 Å². The van der Waals surface area contributed by atoms with Crippen LogP contribution in [0.5, 0.6) is 0 Å². The van der Waals surface area contributed by atoms with Crippen LogP contribution >= 0.6 is 11.8 Å². The fourth-order valence-electron chi connectivity index (χ4n) is 2.64. The summed E-state index contributed by atoms with van der Waals surface area (Å²) >= 11 is 1.51. The van der Waals surface area contributed by atoms with E-state index >= 15 is 0 Å². The lowest BCUT2D eigenvalue weighted by molar-refractivity contribution is -0.150. The zero-order chi connectivity index (χ0) is 17.1. The second-order valence-electron chi connectivity index (χ2n) is 5.41. The number of aryl methyl sites for hydroxylation is 1. The topological polar surface area (TPSA) is 81.5 Å². The smallest absolute Gasteiger partial charge is 0.329 e. The molecule has 1 aromatic carbocycles. The standard InChI is InChI=1S/C16H17N3O4S/c1-23-16(22)13-8-24-10-19(13)14(20)6-7-18-9-17-12-5-3-2-4-11(12)15(18)21/h2-5,9,13H,6-8,10H2,1H3. The molecular weight excluding hydrogens is 330 g/mol. The molecule has 3 rings (SSSR count). The van der Waals surface area contributed by atoms with E-state index in [0.29, 0.717) is 22.5 Å². The van der Waals surface area contributed by atoms with Crippen molar-refractivity contribution in [2.24, 2.45) is 0 Å². The SMILES string of the molecule is COC(=O)C1CSCN1C(=O)CCn1cnc2ccccc2c1=O. The Morgan fingerprint density at radius 2 is 2.17 bits per heavy atom. The molecule has 0 aliphatic carbocycles. The van der Waals surface area contributed by atoms with E-state index in [0.717, 1.165) is 0 Å². The molecule has 7 nitrogen and oxygen atoms in total. The summed E-state index contributed by atoms with van der Waals surface area (Å²) in [6.07, 6.45) is 1.59. The quantitative estimate of drug-likeness (QED) is 0.763. The zero-order valence-electron chi connectivity index (χ0n) is 13.2. The summed E-state index contributed by atoms with van der Waals surface area (Å²) in [5.41, 5.74) is 0.459. The van der Waals surface area contributed by atoms with Crippen LogP contribution in [0.4, 0.5) is 0 Å². The lowest BCUT2D eigenvalue weighted by Gasteiger charge is -2.21. The fourth-order valence-corrected chi connectivity index (χ4v) is 3.81. The van der Waals surface area contributed by atoms with Crippen molar-refractivity contribution >= 4 is 34.5 Å². The molecule has 0 saturated carbocycles. The summed E-state index contributed by atoms with van der Waals surface area (Å²) in [5, 5.41) is 0.525. The van der Waals surface area contributed by atoms with Crippen LogP contribution in [-0.2, 0) is 20.9 Å². The van der Waals surface area contributed by atoms with Crippen LogP contribution in [0.15, 0.2) is 35.4 Å². The number of nitrogens with zero attached hydrogens (tertiary/aromatic N) is 3. The van der Waals surface area contributed by atoms with Gasteiger partial charge in [0.1, 0.15) is 6.04 Å². The number of hydrogen-bond donors (Lipinski definition) is 0. The van der Waals surface area contributed by atoms with Gasteiger partial charge in [0.2, 0.25) is 5.91 Å². The highest BCUT2D eigenvalue weighted by atomic mass is 32.2. The zero-order valence-corrected chi connectivity index (χ0v) is 14.0. The van der Waals surface area contributed by atoms with Crippen LogP contribution in [0, 0.1) is 0 Å². The molecule has 126 valence electrons. The van der Waals surface area contributed by atoms with Crippen molar-refractivity contribution in [2.45, 2.75) is 19.0 Å². The maximum Gasteiger partial charge on any atom is 0.329 e. The molecule has 2 aromatic rings. The van der Waals surface area contributed by atoms with E-state index in [1.165, 1.54) is 34.7 Å². The van der Waals surface area contributed by atoms with E-state index in [1.54, 1.807) is 18.2 Å². The van der Waals surface area contributed by atoms with Crippen LogP contribution in [0.1, 0.15) is 6.42 Å². The molecule has 8 heteroatoms. The van der Waals surface area contributed by atoms with Crippen molar-refractivity contribution in [2.75, 3.05) is 18.7 Å². The molecule has 1 atom stereocenters. The highest BCUT2D eigenvalue weighted by Gasteiger charge is 2.35. The number of methoxy groups -OCH3 is 1. The summed E-state index contributed by atoms with van der Waals surface area (Å²) in [6, 6.07) is 6.55. The molecular formula is C16H17N3O4S. The van der Waals surface area contributed by atoms with Gasteiger partial charge in [0.05, 0.1) is 30.2 Å². The molecule has 1 aliphatic rings. The first-order valence-electron chi connectivity index (χ1n) is 7.51. The number of amides is 1. The predicted octanol–water partition coefficient (Wildman–Crippen LogP) is 0.861. The maximum atomic E-state index is 12.4. The second-order valence-corrected chi connectivity index (χ2v) is 6.41. The molecule has 24 heavy (non-hydrogen) atoms. The van der Waals surface area contributed by atoms with Gasteiger partial charge in [-0.2, -0.15) is 0 Å². The summed E-state index contributed by atoms with van der Waals surface area (Å²) in [5.74, 6) is 0.424. The first-order valence-corrected chi connectivity index (χ1v) is 8.66. The summed E-state index contributed by atoms with van der Waals surface area (Å²) in [4.78, 5) is 42.2. The van der Waals surface area contributed by atoms with Crippen LogP contribution in [0.2, 0.25) is 0 Å². The van der Waals surface area contributed by atoms with Crippen molar-refractivity contribution < 1.29 is 14.3 Å². The van der Waals surface area contributed by atoms with Crippen molar-refractivity contribution in [1.29, 1.82) is 0 Å². The molecule has 0 spiro atoms. The van der Waals surface area contributed by atoms with Gasteiger partial charge >= 0.3 is 5.97 Å². The minimum Gasteiger partial charge on any atom is -0.467 e. The number of rotatable bonds is 4. The first kappa shape index (κ1) is 16.5. The van der Waals surface area contributed by atoms with Crippen LogP contribution < -0.4 is 5.56 Å². The predicted molar refractivity (Wildman–Crippen MR) is 90.6 cm³/mol. The lowest BCUT2D eigenvalue weighted by atomic mass is 10.2. The van der Waals surface area contributed by atoms with E-state index in [1.807, 2.05) is 6.07 Å². The van der Waals surface area contributed by atoms with E-state index in [-0.39, 0.29) is 24.4 Å². The molecule has 1 fully saturated rings. The van der Waals surface area contributed by atoms with Gasteiger partial charge in [0.25, 0.3) is 5.56 Å². The highest BCUT2D eigenvalue weighted by molar-refractivity contribution is 7.99. The average Bonchev–Trinajstić information content (AvgIpc) is 3.10. The molecule has 1 amide bonds. The maximum absolute atomic E-state index is 12.4. The lowest BCUT2D eigenvalue weighted by Crippen LogP contribution is -2.42. The Morgan fingerprint density at radius 3 is 2.96 bits per heavy atom. The molecule has 1 unspecified atom stereocenters. The number of ether oxygens (including phenoxy) is 1. The van der Waals surface area contributed by atoms with Crippen LogP contribution in [-0.4, -0.2) is 51.1 Å². The Balaban J connectivity index is 1.72. The molecule has 1 aliphatic heterocycles. The highest BCUT2D eigenvalue weighted by Crippen LogP contribution is 2.22. The number of carbonyl (C=O) groups is 2. The number of para-hydroxylation sites is 1. The van der Waals surface area contributed by atoms with Crippen molar-refractivity contribution in [3.63, 3.8) is 0 Å². The normalized spacial score (nSPS) is 17.2. The Labute approximate surface area is 142 Å². The molecule has 0 N–H and O–H groups in total. The Bertz CT molecular complexity index is 835. The van der Waals surface area contributed by atoms with Crippen LogP contribution in [0.25, 0.3) is 10.9 Å². The van der Waals surface area contributed by atoms with Gasteiger partial charge in [-0.05, 0) is 12.1 Å². The molecule has 0 bridgehead atoms. The van der Waals surface area contributed by atoms with Crippen molar-refractivity contribution in [3.05, 3.63) is 40.9 Å². The number of benzene rings is 1. The summed E-state index contributed by atoms with van der Waals surface area (Å²) in [7, 11) is 1.31. The van der Waals surface area contributed by atoms with Gasteiger partial charge in [-0.3, -0.25) is 14.2 Å². The van der Waals surface area contributed by atoms with E-state index in [4.69, 9.17) is 4.74 Å². The fraction of sp³-hybridized carbons (Fsp3) is 0.375. The number of hydrogen-bond acceptors (Lipinski definition) is 6. The van der Waals surface area contributed by atoms with Gasteiger partial charge in [0.15, 0.2) is 0 Å². The number of fused-ring (bicyclic) bond motifs is 1. The number of carbonyl (C=O) groups excluding carboxylic acids is 2. The van der Waals surface area contributed by atoms with E-state index < -0.39 is 12.0 Å². The molecule has 1 saturated heterocycles. The number of esters is 1. The monoisotopic (exact) mass is 347 g/mol. The van der Waals surface area contributed by atoms with Gasteiger partial charge in [0, 0.05) is 18.7 Å². The minimum atomic E-state index is -0.543. The molecule has 1 aromatic heterocycles. The van der Waals surface area contributed by atoms with Crippen molar-refractivity contribution in [1.82, 2.24) is 14.5 Å². The Kier molecular flexibility index (Phi) is 4.84. The largest absolute Gasteiger partial charge is 0.467 e. The minimum absolute atomic E-state index is 0.133. The van der Waals surface area contributed by atoms with Crippen LogP contribution in [0.3, 0.4) is 0 Å². The Morgan fingerprint density at radius 1 is 1.38 bits per heavy atom. The summed E-state index contributed by atoms with van der Waals surface area (Å²) in [6.45, 7) is 0.227. The summed E-state index contributed by atoms with van der Waals surface area (Å²) < 4.78 is 6.16. The number of aromatic nitrogens is 2. The van der Waals surface area contributed by atoms with Gasteiger partial charge in [-0.1, -0.05) is 12.1 Å². The average molecular weight is 347 g/mol. The van der Waals surface area contributed by atoms with Gasteiger partial charge in [-0.15, -0.1) is 11.8 Å².